The number of carbonyl (C=O) groups is 2. The number of hydrogen-bond acceptors (Lipinski definition) is 2. The Bertz CT molecular complexity index is 654. The zero-order valence-electron chi connectivity index (χ0n) is 10.8. The van der Waals surface area contributed by atoms with E-state index in [-0.39, 0.29) is 5.69 Å². The maximum absolute atomic E-state index is 13.7. The molecule has 21 heavy (non-hydrogen) atoms. The maximum atomic E-state index is 13.7. The van der Waals surface area contributed by atoms with Crippen molar-refractivity contribution in [3.05, 3.63) is 65.7 Å². The second-order valence-corrected chi connectivity index (χ2v) is 4.22. The van der Waals surface area contributed by atoms with Crippen LogP contribution in [0.3, 0.4) is 0 Å². The Morgan fingerprint density at radius 1 is 0.952 bits per heavy atom. The molecule has 4 nitrogen and oxygen atoms in total. The summed E-state index contributed by atoms with van der Waals surface area (Å²) in [5, 5.41) is 8.90. The molecule has 1 amide bonds. The molecule has 0 aliphatic carbocycles. The van der Waals surface area contributed by atoms with Gasteiger partial charge in [0.05, 0.1) is 0 Å². The van der Waals surface area contributed by atoms with E-state index in [1.807, 2.05) is 0 Å². The number of carboxylic acids is 1. The molecule has 0 saturated carbocycles. The molecule has 0 atom stereocenters. The number of halogens is 2. The zero-order chi connectivity index (χ0) is 15.4. The van der Waals surface area contributed by atoms with Crippen LogP contribution in [0, 0.1) is 11.6 Å². The minimum atomic E-state index is -1.29. The Hall–Kier alpha value is -2.76. The molecule has 2 rings (SSSR count). The van der Waals surface area contributed by atoms with Crippen LogP contribution in [0.1, 0.15) is 10.4 Å². The minimum absolute atomic E-state index is 0.243. The molecule has 0 aromatic heterocycles. The van der Waals surface area contributed by atoms with Gasteiger partial charge in [0.25, 0.3) is 5.91 Å². The summed E-state index contributed by atoms with van der Waals surface area (Å²) in [6.45, 7) is -0.698. The number of nitrogens with zero attached hydrogens (tertiary/aromatic N) is 1. The molecule has 0 heterocycles. The van der Waals surface area contributed by atoms with Crippen molar-refractivity contribution in [2.75, 3.05) is 11.4 Å². The molecule has 2 aromatic rings. The molecule has 0 aliphatic heterocycles. The Balaban J connectivity index is 2.46. The Kier molecular flexibility index (Phi) is 4.27. The first kappa shape index (κ1) is 14.6. The number of aliphatic carboxylic acids is 1. The van der Waals surface area contributed by atoms with Crippen LogP contribution >= 0.6 is 0 Å². The summed E-state index contributed by atoms with van der Waals surface area (Å²) < 4.78 is 27.4. The number of hydrogen-bond donors (Lipinski definition) is 1. The van der Waals surface area contributed by atoms with Crippen LogP contribution in [0.15, 0.2) is 48.5 Å². The SMILES string of the molecule is O=C(O)CN(C(=O)c1c(F)cccc1F)c1ccccc1. The van der Waals surface area contributed by atoms with E-state index in [4.69, 9.17) is 5.11 Å². The van der Waals surface area contributed by atoms with Gasteiger partial charge in [-0.1, -0.05) is 24.3 Å². The van der Waals surface area contributed by atoms with Crippen LogP contribution in [0.2, 0.25) is 0 Å². The van der Waals surface area contributed by atoms with E-state index < -0.39 is 35.6 Å². The molecule has 0 spiro atoms. The van der Waals surface area contributed by atoms with Gasteiger partial charge in [-0.25, -0.2) is 8.78 Å². The van der Waals surface area contributed by atoms with Gasteiger partial charge in [0.2, 0.25) is 0 Å². The van der Waals surface area contributed by atoms with Gasteiger partial charge >= 0.3 is 5.97 Å². The molecule has 0 saturated heterocycles. The molecule has 6 heteroatoms. The maximum Gasteiger partial charge on any atom is 0.323 e. The number of benzene rings is 2. The summed E-state index contributed by atoms with van der Waals surface area (Å²) in [5.74, 6) is -4.40. The highest BCUT2D eigenvalue weighted by Crippen LogP contribution is 2.20. The largest absolute Gasteiger partial charge is 0.480 e. The fraction of sp³-hybridized carbons (Fsp3) is 0.0667. The third-order valence-corrected chi connectivity index (χ3v) is 2.78. The summed E-state index contributed by atoms with van der Waals surface area (Å²) in [7, 11) is 0. The Morgan fingerprint density at radius 2 is 1.52 bits per heavy atom. The van der Waals surface area contributed by atoms with Crippen molar-refractivity contribution in [3.63, 3.8) is 0 Å². The van der Waals surface area contributed by atoms with E-state index in [0.717, 1.165) is 23.1 Å². The van der Waals surface area contributed by atoms with Gasteiger partial charge in [-0.15, -0.1) is 0 Å². The lowest BCUT2D eigenvalue weighted by atomic mass is 10.1. The lowest BCUT2D eigenvalue weighted by Gasteiger charge is -2.21. The van der Waals surface area contributed by atoms with Gasteiger partial charge in [0.1, 0.15) is 23.7 Å². The highest BCUT2D eigenvalue weighted by atomic mass is 19.1. The van der Waals surface area contributed by atoms with Crippen molar-refractivity contribution in [1.29, 1.82) is 0 Å². The van der Waals surface area contributed by atoms with Crippen LogP contribution < -0.4 is 4.90 Å². The van der Waals surface area contributed by atoms with Gasteiger partial charge in [-0.3, -0.25) is 14.5 Å². The second-order valence-electron chi connectivity index (χ2n) is 4.22. The smallest absolute Gasteiger partial charge is 0.323 e. The van der Waals surface area contributed by atoms with E-state index >= 15 is 0 Å². The van der Waals surface area contributed by atoms with Gasteiger partial charge in [-0.2, -0.15) is 0 Å². The number of para-hydroxylation sites is 1. The number of carboxylic acid groups (broad SMARTS) is 1. The van der Waals surface area contributed by atoms with E-state index in [1.165, 1.54) is 12.1 Å². The monoisotopic (exact) mass is 291 g/mol. The average Bonchev–Trinajstić information content (AvgIpc) is 2.45. The number of carbonyl (C=O) groups excluding carboxylic acids is 1. The lowest BCUT2D eigenvalue weighted by Crippen LogP contribution is -2.36. The van der Waals surface area contributed by atoms with Crippen LogP contribution in [0.4, 0.5) is 14.5 Å². The molecular weight excluding hydrogens is 280 g/mol. The highest BCUT2D eigenvalue weighted by Gasteiger charge is 2.25. The minimum Gasteiger partial charge on any atom is -0.480 e. The fourth-order valence-corrected chi connectivity index (χ4v) is 1.86. The summed E-state index contributed by atoms with van der Waals surface area (Å²) in [4.78, 5) is 24.0. The summed E-state index contributed by atoms with van der Waals surface area (Å²) in [6.07, 6.45) is 0. The molecular formula is C15H11F2NO3. The second kappa shape index (κ2) is 6.13. The first-order chi connectivity index (χ1) is 10.0. The van der Waals surface area contributed by atoms with Crippen LogP contribution in [0.5, 0.6) is 0 Å². The molecule has 0 unspecified atom stereocenters. The molecule has 1 N–H and O–H groups in total. The van der Waals surface area contributed by atoms with Crippen molar-refractivity contribution in [2.24, 2.45) is 0 Å². The Morgan fingerprint density at radius 3 is 2.05 bits per heavy atom. The van der Waals surface area contributed by atoms with E-state index in [0.29, 0.717) is 0 Å². The topological polar surface area (TPSA) is 57.6 Å². The van der Waals surface area contributed by atoms with Crippen molar-refractivity contribution in [2.45, 2.75) is 0 Å². The number of anilines is 1. The fourth-order valence-electron chi connectivity index (χ4n) is 1.86. The lowest BCUT2D eigenvalue weighted by molar-refractivity contribution is -0.135. The van der Waals surface area contributed by atoms with Gasteiger partial charge in [-0.05, 0) is 24.3 Å². The molecule has 0 bridgehead atoms. The third kappa shape index (κ3) is 3.22. The van der Waals surface area contributed by atoms with Crippen molar-refractivity contribution in [1.82, 2.24) is 0 Å². The molecule has 108 valence electrons. The van der Waals surface area contributed by atoms with Crippen molar-refractivity contribution in [3.8, 4) is 0 Å². The summed E-state index contributed by atoms with van der Waals surface area (Å²) >= 11 is 0. The molecule has 0 aliphatic rings. The zero-order valence-corrected chi connectivity index (χ0v) is 10.8. The molecule has 2 aromatic carbocycles. The predicted molar refractivity (Wildman–Crippen MR) is 72.1 cm³/mol. The van der Waals surface area contributed by atoms with Gasteiger partial charge < -0.3 is 5.11 Å². The van der Waals surface area contributed by atoms with Crippen LogP contribution in [-0.4, -0.2) is 23.5 Å². The quantitative estimate of drug-likeness (QED) is 0.942. The van der Waals surface area contributed by atoms with E-state index in [9.17, 15) is 18.4 Å². The first-order valence-corrected chi connectivity index (χ1v) is 6.03. The van der Waals surface area contributed by atoms with E-state index in [2.05, 4.69) is 0 Å². The molecule has 0 radical (unpaired) electrons. The Labute approximate surface area is 119 Å². The standard InChI is InChI=1S/C15H11F2NO3/c16-11-7-4-8-12(17)14(11)15(21)18(9-13(19)20)10-5-2-1-3-6-10/h1-8H,9H2,(H,19,20). The highest BCUT2D eigenvalue weighted by molar-refractivity contribution is 6.08. The van der Waals surface area contributed by atoms with Crippen LogP contribution in [-0.2, 0) is 4.79 Å². The third-order valence-electron chi connectivity index (χ3n) is 2.78. The van der Waals surface area contributed by atoms with E-state index in [1.54, 1.807) is 18.2 Å². The first-order valence-electron chi connectivity index (χ1n) is 6.03. The van der Waals surface area contributed by atoms with Gasteiger partial charge in [0.15, 0.2) is 0 Å². The number of rotatable bonds is 4. The molecule has 0 fully saturated rings. The van der Waals surface area contributed by atoms with Gasteiger partial charge in [0, 0.05) is 5.69 Å². The van der Waals surface area contributed by atoms with Crippen molar-refractivity contribution < 1.29 is 23.5 Å². The average molecular weight is 291 g/mol. The van der Waals surface area contributed by atoms with Crippen LogP contribution in [0.25, 0.3) is 0 Å². The number of amides is 1. The predicted octanol–water partition coefficient (Wildman–Crippen LogP) is 2.70. The van der Waals surface area contributed by atoms with Crippen molar-refractivity contribution >= 4 is 17.6 Å². The summed E-state index contributed by atoms with van der Waals surface area (Å²) in [5.41, 5.74) is -0.532. The normalized spacial score (nSPS) is 10.2. The summed E-state index contributed by atoms with van der Waals surface area (Å²) in [6, 6.07) is 10.9.